The largest absolute Gasteiger partial charge is 1.00 e. The van der Waals surface area contributed by atoms with Crippen molar-refractivity contribution in [2.24, 2.45) is 0 Å². The van der Waals surface area contributed by atoms with Crippen molar-refractivity contribution in [1.29, 1.82) is 0 Å². The van der Waals surface area contributed by atoms with Gasteiger partial charge in [0.25, 0.3) is 0 Å². The minimum absolute atomic E-state index is 0. The molecule has 0 fully saturated rings. The van der Waals surface area contributed by atoms with Gasteiger partial charge in [-0.3, -0.25) is 0 Å². The maximum absolute atomic E-state index is 10.4. The summed E-state index contributed by atoms with van der Waals surface area (Å²) in [6, 6.07) is -0.647. The molecule has 0 aliphatic heterocycles. The average Bonchev–Trinajstić information content (AvgIpc) is 2.28. The Balaban J connectivity index is 0. The summed E-state index contributed by atoms with van der Waals surface area (Å²) >= 11 is 0. The Labute approximate surface area is 121 Å². The van der Waals surface area contributed by atoms with Gasteiger partial charge < -0.3 is 25.6 Å². The third-order valence-corrected chi connectivity index (χ3v) is 2.27. The van der Waals surface area contributed by atoms with E-state index in [0.29, 0.717) is 19.6 Å². The van der Waals surface area contributed by atoms with Crippen LogP contribution < -0.4 is 34.6 Å². The Bertz CT molecular complexity index is 237. The summed E-state index contributed by atoms with van der Waals surface area (Å²) in [5, 5.41) is 25.7. The first kappa shape index (κ1) is 20.0. The minimum atomic E-state index is -1.10. The second-order valence-corrected chi connectivity index (χ2v) is 3.98. The molecule has 0 radical (unpaired) electrons. The Morgan fingerprint density at radius 2 is 2.11 bits per heavy atom. The van der Waals surface area contributed by atoms with Gasteiger partial charge in [0.15, 0.2) is 0 Å². The number of aliphatic hydroxyl groups is 1. The van der Waals surface area contributed by atoms with E-state index in [2.05, 4.69) is 17.6 Å². The number of nitrogens with one attached hydrogen (secondary N) is 2. The van der Waals surface area contributed by atoms with Gasteiger partial charge in [-0.2, -0.15) is 0 Å². The molecule has 0 rings (SSSR count). The molecule has 18 heavy (non-hydrogen) atoms. The number of carbonyl (C=O) groups excluding carboxylic acids is 1. The number of carboxylic acid groups (broad SMARTS) is 1. The average molecular weight is 250 g/mol. The molecule has 0 heterocycles. The number of hydrogen-bond acceptors (Lipinski definition) is 5. The quantitative estimate of drug-likeness (QED) is 0.209. The van der Waals surface area contributed by atoms with E-state index in [1.54, 1.807) is 6.08 Å². The zero-order valence-electron chi connectivity index (χ0n) is 11.6. The maximum atomic E-state index is 10.4. The van der Waals surface area contributed by atoms with Crippen molar-refractivity contribution in [3.8, 4) is 0 Å². The van der Waals surface area contributed by atoms with Crippen molar-refractivity contribution in [3.63, 3.8) is 0 Å². The zero-order valence-corrected chi connectivity index (χ0v) is 11.6. The number of carbonyl (C=O) groups is 1. The molecular formula is C12H23LiN2O3. The number of aliphatic hydroxyl groups excluding tert-OH is 1. The predicted molar refractivity (Wildman–Crippen MR) is 65.4 cm³/mol. The predicted octanol–water partition coefficient (Wildman–Crippen LogP) is -3.97. The number of hydrogen-bond donors (Lipinski definition) is 3. The summed E-state index contributed by atoms with van der Waals surface area (Å²) in [4.78, 5) is 10.4. The summed E-state index contributed by atoms with van der Waals surface area (Å²) < 4.78 is 0. The standard InChI is InChI=1S/C12H24N2O3.Li/c1-3-4-5-6-11(15)9-13-7-8-14-10(2)12(16)17;/h5-6,10-11,13-15H,3-4,7-9H2,1-2H3,(H,16,17);/q;+1/p-1/b6-5+;. The van der Waals surface area contributed by atoms with Crippen LogP contribution in [0.4, 0.5) is 0 Å². The smallest absolute Gasteiger partial charge is 0.548 e. The molecule has 0 aromatic rings. The van der Waals surface area contributed by atoms with Crippen LogP contribution in [0.25, 0.3) is 0 Å². The van der Waals surface area contributed by atoms with Crippen LogP contribution in [-0.2, 0) is 4.79 Å². The van der Waals surface area contributed by atoms with Crippen LogP contribution in [0, 0.1) is 0 Å². The molecule has 0 aliphatic carbocycles. The third kappa shape index (κ3) is 12.2. The summed E-state index contributed by atoms with van der Waals surface area (Å²) in [6.45, 7) is 5.23. The first-order chi connectivity index (χ1) is 8.07. The molecule has 5 nitrogen and oxygen atoms in total. The number of unbranched alkanes of at least 4 members (excludes halogenated alkanes) is 1. The topological polar surface area (TPSA) is 84.4 Å². The monoisotopic (exact) mass is 250 g/mol. The van der Waals surface area contributed by atoms with Crippen molar-refractivity contribution in [1.82, 2.24) is 10.6 Å². The van der Waals surface area contributed by atoms with E-state index in [4.69, 9.17) is 0 Å². The molecule has 0 saturated heterocycles. The molecule has 0 aromatic carbocycles. The maximum Gasteiger partial charge on any atom is 1.00 e. The van der Waals surface area contributed by atoms with Crippen molar-refractivity contribution in [2.45, 2.75) is 38.8 Å². The van der Waals surface area contributed by atoms with E-state index in [9.17, 15) is 15.0 Å². The van der Waals surface area contributed by atoms with Crippen LogP contribution in [-0.4, -0.2) is 42.9 Å². The Morgan fingerprint density at radius 3 is 2.67 bits per heavy atom. The summed E-state index contributed by atoms with van der Waals surface area (Å²) in [5.74, 6) is -1.10. The van der Waals surface area contributed by atoms with Gasteiger partial charge in [0, 0.05) is 25.7 Å². The van der Waals surface area contributed by atoms with Gasteiger partial charge in [0.05, 0.1) is 12.1 Å². The Morgan fingerprint density at radius 1 is 1.44 bits per heavy atom. The van der Waals surface area contributed by atoms with E-state index in [1.807, 2.05) is 6.08 Å². The van der Waals surface area contributed by atoms with Crippen LogP contribution in [0.2, 0.25) is 0 Å². The zero-order chi connectivity index (χ0) is 13.1. The normalized spacial score (nSPS) is 14.2. The van der Waals surface area contributed by atoms with Crippen LogP contribution in [0.5, 0.6) is 0 Å². The van der Waals surface area contributed by atoms with Crippen LogP contribution in [0.15, 0.2) is 12.2 Å². The number of allylic oxidation sites excluding steroid dienone is 1. The van der Waals surface area contributed by atoms with Gasteiger partial charge in [-0.15, -0.1) is 0 Å². The molecule has 3 N–H and O–H groups in total. The van der Waals surface area contributed by atoms with Crippen molar-refractivity contribution < 1.29 is 33.9 Å². The minimum Gasteiger partial charge on any atom is -0.548 e. The van der Waals surface area contributed by atoms with Gasteiger partial charge in [-0.1, -0.05) is 25.5 Å². The second-order valence-electron chi connectivity index (χ2n) is 3.98. The second kappa shape index (κ2) is 13.1. The van der Waals surface area contributed by atoms with Gasteiger partial charge in [0.1, 0.15) is 0 Å². The fourth-order valence-electron chi connectivity index (χ4n) is 1.20. The molecule has 0 aliphatic rings. The van der Waals surface area contributed by atoms with Crippen molar-refractivity contribution >= 4 is 5.97 Å². The fraction of sp³-hybridized carbons (Fsp3) is 0.750. The van der Waals surface area contributed by atoms with Crippen molar-refractivity contribution in [3.05, 3.63) is 12.2 Å². The first-order valence-electron chi connectivity index (χ1n) is 6.07. The van der Waals surface area contributed by atoms with Gasteiger partial charge in [0.2, 0.25) is 0 Å². The molecular weight excluding hydrogens is 227 g/mol. The first-order valence-corrected chi connectivity index (χ1v) is 6.07. The number of rotatable bonds is 10. The molecule has 0 bridgehead atoms. The molecule has 100 valence electrons. The molecule has 0 saturated carbocycles. The van der Waals surface area contributed by atoms with Crippen LogP contribution in [0.1, 0.15) is 26.7 Å². The molecule has 0 spiro atoms. The molecule has 0 aromatic heterocycles. The number of aliphatic carboxylic acids is 1. The summed E-state index contributed by atoms with van der Waals surface area (Å²) in [6.07, 6.45) is 5.29. The van der Waals surface area contributed by atoms with E-state index in [1.165, 1.54) is 6.92 Å². The Kier molecular flexibility index (Phi) is 14.6. The third-order valence-electron chi connectivity index (χ3n) is 2.27. The van der Waals surface area contributed by atoms with Crippen LogP contribution >= 0.6 is 0 Å². The van der Waals surface area contributed by atoms with Gasteiger partial charge in [-0.05, 0) is 13.3 Å². The number of carboxylic acids is 1. The summed E-state index contributed by atoms with van der Waals surface area (Å²) in [5.41, 5.74) is 0. The van der Waals surface area contributed by atoms with Crippen molar-refractivity contribution in [2.75, 3.05) is 19.6 Å². The van der Waals surface area contributed by atoms with E-state index in [0.717, 1.165) is 12.8 Å². The van der Waals surface area contributed by atoms with Crippen LogP contribution in [0.3, 0.4) is 0 Å². The molecule has 2 unspecified atom stereocenters. The SMILES string of the molecule is CCC/C=C/C(O)CNCCNC(C)C(=O)[O-].[Li+]. The van der Waals surface area contributed by atoms with Gasteiger partial charge in [-0.25, -0.2) is 0 Å². The molecule has 2 atom stereocenters. The molecule has 0 amide bonds. The van der Waals surface area contributed by atoms with E-state index < -0.39 is 18.1 Å². The van der Waals surface area contributed by atoms with E-state index >= 15 is 0 Å². The Hall–Kier alpha value is -0.313. The van der Waals surface area contributed by atoms with E-state index in [-0.39, 0.29) is 18.9 Å². The fourth-order valence-corrected chi connectivity index (χ4v) is 1.20. The summed E-state index contributed by atoms with van der Waals surface area (Å²) in [7, 11) is 0. The molecule has 6 heteroatoms. The van der Waals surface area contributed by atoms with Gasteiger partial charge >= 0.3 is 18.9 Å².